The number of rotatable bonds is 5. The van der Waals surface area contributed by atoms with Gasteiger partial charge in [0, 0.05) is 59.2 Å². The second-order valence-electron chi connectivity index (χ2n) is 7.78. The summed E-state index contributed by atoms with van der Waals surface area (Å²) < 4.78 is 1.58. The second kappa shape index (κ2) is 11.7. The molecule has 0 unspecified atom stereocenters. The van der Waals surface area contributed by atoms with Gasteiger partial charge in [0.15, 0.2) is 11.8 Å². The number of aromatic nitrogens is 2. The highest BCUT2D eigenvalue weighted by Gasteiger charge is 2.23. The van der Waals surface area contributed by atoms with Gasteiger partial charge in [-0.3, -0.25) is 9.79 Å². The normalized spacial score (nSPS) is 19.2. The number of hydrogen-bond acceptors (Lipinski definition) is 5. The summed E-state index contributed by atoms with van der Waals surface area (Å²) in [5.74, 6) is 2.34. The van der Waals surface area contributed by atoms with Crippen molar-refractivity contribution in [1.29, 1.82) is 0 Å². The molecule has 29 heavy (non-hydrogen) atoms. The molecule has 1 aromatic rings. The number of hydrogen-bond donors (Lipinski definition) is 1. The van der Waals surface area contributed by atoms with Crippen LogP contribution in [0.5, 0.6) is 0 Å². The standard InChI is InChI=1S/C20H35N7O.HI/c1-4-25-10-6-17(7-11-25)5-8-23-20(21-2)27-15-13-26(14-16-27)18-19(28)24(3)12-9-22-18;/h9,12,17H,4-8,10-11,13-16H2,1-3H3,(H,21,23);1H. The molecule has 2 aliphatic heterocycles. The van der Waals surface area contributed by atoms with Crippen LogP contribution in [-0.2, 0) is 7.05 Å². The number of halogens is 1. The van der Waals surface area contributed by atoms with Crippen molar-refractivity contribution in [2.75, 3.05) is 64.3 Å². The first-order chi connectivity index (χ1) is 13.6. The third-order valence-electron chi connectivity index (χ3n) is 6.08. The van der Waals surface area contributed by atoms with E-state index in [0.717, 1.165) is 44.6 Å². The summed E-state index contributed by atoms with van der Waals surface area (Å²) in [6.07, 6.45) is 7.21. The molecule has 1 N–H and O–H groups in total. The van der Waals surface area contributed by atoms with Crippen LogP contribution in [0.4, 0.5) is 5.82 Å². The largest absolute Gasteiger partial charge is 0.356 e. The Balaban J connectivity index is 0.00000300. The van der Waals surface area contributed by atoms with Crippen molar-refractivity contribution in [3.63, 3.8) is 0 Å². The minimum Gasteiger partial charge on any atom is -0.356 e. The number of nitrogens with one attached hydrogen (secondary N) is 1. The predicted octanol–water partition coefficient (Wildman–Crippen LogP) is 1.22. The van der Waals surface area contributed by atoms with Crippen LogP contribution in [0.3, 0.4) is 0 Å². The lowest BCUT2D eigenvalue weighted by molar-refractivity contribution is 0.187. The maximum atomic E-state index is 12.3. The molecule has 9 heteroatoms. The van der Waals surface area contributed by atoms with E-state index in [4.69, 9.17) is 0 Å². The Hall–Kier alpha value is -1.36. The van der Waals surface area contributed by atoms with Crippen LogP contribution in [0, 0.1) is 5.92 Å². The molecule has 0 atom stereocenters. The van der Waals surface area contributed by atoms with Crippen LogP contribution < -0.4 is 15.8 Å². The van der Waals surface area contributed by atoms with E-state index in [1.165, 1.54) is 38.9 Å². The number of aliphatic imine (C=N–C) groups is 1. The van der Waals surface area contributed by atoms with Crippen molar-refractivity contribution in [3.05, 3.63) is 22.7 Å². The zero-order chi connectivity index (χ0) is 19.9. The van der Waals surface area contributed by atoms with E-state index in [1.54, 1.807) is 24.0 Å². The summed E-state index contributed by atoms with van der Waals surface area (Å²) in [5.41, 5.74) is -0.0347. The molecule has 2 saturated heterocycles. The highest BCUT2D eigenvalue weighted by Crippen LogP contribution is 2.19. The summed E-state index contributed by atoms with van der Waals surface area (Å²) in [7, 11) is 3.62. The number of piperazine rings is 1. The van der Waals surface area contributed by atoms with Crippen molar-refractivity contribution < 1.29 is 0 Å². The molecule has 0 amide bonds. The zero-order valence-electron chi connectivity index (χ0n) is 18.0. The summed E-state index contributed by atoms with van der Waals surface area (Å²) in [6.45, 7) is 10.1. The van der Waals surface area contributed by atoms with E-state index in [-0.39, 0.29) is 29.5 Å². The van der Waals surface area contributed by atoms with Crippen LogP contribution in [0.2, 0.25) is 0 Å². The van der Waals surface area contributed by atoms with Crippen LogP contribution in [0.25, 0.3) is 0 Å². The van der Waals surface area contributed by atoms with Crippen molar-refractivity contribution in [2.24, 2.45) is 18.0 Å². The Morgan fingerprint density at radius 1 is 1.21 bits per heavy atom. The number of piperidine rings is 1. The first kappa shape index (κ1) is 23.9. The van der Waals surface area contributed by atoms with Crippen LogP contribution in [-0.4, -0.2) is 84.7 Å². The van der Waals surface area contributed by atoms with Crippen LogP contribution in [0.1, 0.15) is 26.2 Å². The summed E-state index contributed by atoms with van der Waals surface area (Å²) in [5, 5.41) is 3.55. The Kier molecular flexibility index (Phi) is 9.67. The minimum atomic E-state index is -0.0347. The number of anilines is 1. The molecule has 0 bridgehead atoms. The molecule has 164 valence electrons. The topological polar surface area (TPSA) is 69.0 Å². The van der Waals surface area contributed by atoms with Crippen LogP contribution in [0.15, 0.2) is 22.2 Å². The number of nitrogens with zero attached hydrogens (tertiary/aromatic N) is 6. The van der Waals surface area contributed by atoms with E-state index in [2.05, 4.69) is 36.9 Å². The molecule has 8 nitrogen and oxygen atoms in total. The Morgan fingerprint density at radius 3 is 2.52 bits per heavy atom. The fourth-order valence-corrected chi connectivity index (χ4v) is 4.14. The average molecular weight is 517 g/mol. The molecular formula is C20H36IN7O. The molecule has 0 aromatic carbocycles. The lowest BCUT2D eigenvalue weighted by atomic mass is 9.93. The number of guanidine groups is 1. The minimum absolute atomic E-state index is 0. The maximum Gasteiger partial charge on any atom is 0.293 e. The predicted molar refractivity (Wildman–Crippen MR) is 129 cm³/mol. The lowest BCUT2D eigenvalue weighted by Gasteiger charge is -2.37. The van der Waals surface area contributed by atoms with Gasteiger partial charge >= 0.3 is 0 Å². The average Bonchev–Trinajstić information content (AvgIpc) is 2.74. The van der Waals surface area contributed by atoms with Gasteiger partial charge in [-0.15, -0.1) is 24.0 Å². The van der Waals surface area contributed by atoms with Gasteiger partial charge < -0.3 is 24.6 Å². The molecular weight excluding hydrogens is 481 g/mol. The molecule has 1 aromatic heterocycles. The van der Waals surface area contributed by atoms with Crippen molar-refractivity contribution >= 4 is 35.8 Å². The van der Waals surface area contributed by atoms with Crippen LogP contribution >= 0.6 is 24.0 Å². The second-order valence-corrected chi connectivity index (χ2v) is 7.78. The highest BCUT2D eigenvalue weighted by molar-refractivity contribution is 14.0. The smallest absolute Gasteiger partial charge is 0.293 e. The Labute approximate surface area is 191 Å². The molecule has 0 radical (unpaired) electrons. The fraction of sp³-hybridized carbons (Fsp3) is 0.750. The van der Waals surface area contributed by atoms with Gasteiger partial charge in [-0.25, -0.2) is 4.98 Å². The SMILES string of the molecule is CCN1CCC(CCNC(=NC)N2CCN(c3nccn(C)c3=O)CC2)CC1.I. The molecule has 0 spiro atoms. The third-order valence-corrected chi connectivity index (χ3v) is 6.08. The molecule has 2 aliphatic rings. The van der Waals surface area contributed by atoms with Crippen molar-refractivity contribution in [1.82, 2.24) is 24.7 Å². The number of aryl methyl sites for hydroxylation is 1. The maximum absolute atomic E-state index is 12.3. The zero-order valence-corrected chi connectivity index (χ0v) is 20.3. The van der Waals surface area contributed by atoms with Crippen molar-refractivity contribution in [3.8, 4) is 0 Å². The lowest BCUT2D eigenvalue weighted by Crippen LogP contribution is -2.53. The quantitative estimate of drug-likeness (QED) is 0.360. The van der Waals surface area contributed by atoms with E-state index in [0.29, 0.717) is 5.82 Å². The molecule has 0 saturated carbocycles. The fourth-order valence-electron chi connectivity index (χ4n) is 4.14. The summed E-state index contributed by atoms with van der Waals surface area (Å²) >= 11 is 0. The first-order valence-corrected chi connectivity index (χ1v) is 10.6. The van der Waals surface area contributed by atoms with Gasteiger partial charge in [-0.1, -0.05) is 6.92 Å². The van der Waals surface area contributed by atoms with E-state index in [1.807, 2.05) is 7.05 Å². The van der Waals surface area contributed by atoms with Gasteiger partial charge in [-0.2, -0.15) is 0 Å². The molecule has 0 aliphatic carbocycles. The van der Waals surface area contributed by atoms with E-state index < -0.39 is 0 Å². The summed E-state index contributed by atoms with van der Waals surface area (Å²) in [4.78, 5) is 27.9. The third kappa shape index (κ3) is 6.31. The molecule has 3 heterocycles. The first-order valence-electron chi connectivity index (χ1n) is 10.6. The van der Waals surface area contributed by atoms with E-state index in [9.17, 15) is 4.79 Å². The Bertz CT molecular complexity index is 707. The van der Waals surface area contributed by atoms with Gasteiger partial charge in [-0.05, 0) is 44.8 Å². The van der Waals surface area contributed by atoms with Gasteiger partial charge in [0.05, 0.1) is 0 Å². The van der Waals surface area contributed by atoms with Gasteiger partial charge in [0.2, 0.25) is 0 Å². The van der Waals surface area contributed by atoms with Gasteiger partial charge in [0.25, 0.3) is 5.56 Å². The van der Waals surface area contributed by atoms with E-state index >= 15 is 0 Å². The Morgan fingerprint density at radius 2 is 1.90 bits per heavy atom. The summed E-state index contributed by atoms with van der Waals surface area (Å²) in [6, 6.07) is 0. The number of likely N-dealkylation sites (tertiary alicyclic amines) is 1. The van der Waals surface area contributed by atoms with Gasteiger partial charge in [0.1, 0.15) is 0 Å². The van der Waals surface area contributed by atoms with Crippen molar-refractivity contribution in [2.45, 2.75) is 26.2 Å². The monoisotopic (exact) mass is 517 g/mol. The highest BCUT2D eigenvalue weighted by atomic mass is 127. The molecule has 2 fully saturated rings. The molecule has 3 rings (SSSR count).